The predicted molar refractivity (Wildman–Crippen MR) is 103 cm³/mol. The Kier molecular flexibility index (Phi) is 11.2. The van der Waals surface area contributed by atoms with E-state index in [1.54, 1.807) is 24.3 Å². The van der Waals surface area contributed by atoms with Crippen LogP contribution >= 0.6 is 24.0 Å². The number of benzene rings is 1. The summed E-state index contributed by atoms with van der Waals surface area (Å²) in [6.45, 7) is 4.86. The van der Waals surface area contributed by atoms with Gasteiger partial charge in [0.2, 0.25) is 0 Å². The number of halogens is 4. The molecule has 0 spiro atoms. The molecule has 0 aliphatic heterocycles. The quantitative estimate of drug-likeness (QED) is 0.325. The summed E-state index contributed by atoms with van der Waals surface area (Å²) >= 11 is 0. The van der Waals surface area contributed by atoms with Gasteiger partial charge in [0, 0.05) is 25.2 Å². The normalized spacial score (nSPS) is 11.5. The van der Waals surface area contributed by atoms with Crippen LogP contribution in [0.5, 0.6) is 0 Å². The second-order valence-corrected chi connectivity index (χ2v) is 5.04. The lowest BCUT2D eigenvalue weighted by atomic mass is 10.1. The number of nitrogens with zero attached hydrogens (tertiary/aromatic N) is 1. The van der Waals surface area contributed by atoms with Gasteiger partial charge in [-0.3, -0.25) is 4.79 Å². The first-order chi connectivity index (χ1) is 11.4. The minimum Gasteiger partial charge on any atom is -0.357 e. The molecule has 1 aromatic rings. The molecule has 0 aliphatic rings. The molecule has 5 nitrogen and oxygen atoms in total. The molecule has 0 aliphatic carbocycles. The molecule has 0 heterocycles. The third-order valence-corrected chi connectivity index (χ3v) is 3.02. The Labute approximate surface area is 162 Å². The van der Waals surface area contributed by atoms with Gasteiger partial charge in [0.05, 0.1) is 13.0 Å². The molecule has 0 atom stereocenters. The van der Waals surface area contributed by atoms with Crippen LogP contribution in [0, 0.1) is 0 Å². The smallest absolute Gasteiger partial charge is 0.357 e. The van der Waals surface area contributed by atoms with Gasteiger partial charge in [0.1, 0.15) is 0 Å². The van der Waals surface area contributed by atoms with E-state index in [1.165, 1.54) is 0 Å². The fourth-order valence-electron chi connectivity index (χ4n) is 1.86. The molecule has 0 aromatic heterocycles. The van der Waals surface area contributed by atoms with Crippen LogP contribution in [0.15, 0.2) is 29.3 Å². The number of guanidine groups is 1. The molecule has 1 rings (SSSR count). The van der Waals surface area contributed by atoms with Crippen molar-refractivity contribution in [3.63, 3.8) is 0 Å². The second-order valence-electron chi connectivity index (χ2n) is 5.04. The zero-order chi connectivity index (χ0) is 18.0. The van der Waals surface area contributed by atoms with Crippen molar-refractivity contribution in [1.29, 1.82) is 0 Å². The first kappa shape index (κ1) is 23.5. The van der Waals surface area contributed by atoms with Crippen LogP contribution in [0.25, 0.3) is 0 Å². The Morgan fingerprint density at radius 2 is 1.64 bits per heavy atom. The molecule has 25 heavy (non-hydrogen) atoms. The third kappa shape index (κ3) is 10.1. The third-order valence-electron chi connectivity index (χ3n) is 3.02. The predicted octanol–water partition coefficient (Wildman–Crippen LogP) is 3.06. The fourth-order valence-corrected chi connectivity index (χ4v) is 1.86. The van der Waals surface area contributed by atoms with E-state index >= 15 is 0 Å². The number of carbonyl (C=O) groups excluding carboxylic acids is 1. The van der Waals surface area contributed by atoms with Crippen molar-refractivity contribution in [3.8, 4) is 0 Å². The van der Waals surface area contributed by atoms with Crippen molar-refractivity contribution < 1.29 is 18.0 Å². The van der Waals surface area contributed by atoms with E-state index in [2.05, 4.69) is 20.9 Å². The molecule has 0 fully saturated rings. The van der Waals surface area contributed by atoms with Crippen LogP contribution in [0.4, 0.5) is 13.2 Å². The van der Waals surface area contributed by atoms with Gasteiger partial charge in [-0.25, -0.2) is 4.99 Å². The molecule has 0 saturated carbocycles. The maximum absolute atomic E-state index is 12.2. The van der Waals surface area contributed by atoms with Gasteiger partial charge in [-0.15, -0.1) is 24.0 Å². The highest BCUT2D eigenvalue weighted by atomic mass is 127. The van der Waals surface area contributed by atoms with Gasteiger partial charge in [-0.2, -0.15) is 13.2 Å². The zero-order valence-electron chi connectivity index (χ0n) is 14.2. The van der Waals surface area contributed by atoms with E-state index in [9.17, 15) is 18.0 Å². The van der Waals surface area contributed by atoms with Crippen LogP contribution in [-0.4, -0.2) is 37.7 Å². The number of alkyl halides is 3. The molecule has 3 N–H and O–H groups in total. The minimum atomic E-state index is -4.20. The average molecular weight is 472 g/mol. The van der Waals surface area contributed by atoms with Gasteiger partial charge in [0.15, 0.2) is 5.96 Å². The van der Waals surface area contributed by atoms with Crippen molar-refractivity contribution in [1.82, 2.24) is 16.0 Å². The largest absolute Gasteiger partial charge is 0.390 e. The zero-order valence-corrected chi connectivity index (χ0v) is 16.6. The molecular formula is C16H24F3IN4O. The van der Waals surface area contributed by atoms with Crippen molar-refractivity contribution in [2.75, 3.05) is 19.6 Å². The van der Waals surface area contributed by atoms with Crippen LogP contribution in [-0.2, 0) is 6.54 Å². The molecule has 0 bridgehead atoms. The van der Waals surface area contributed by atoms with Crippen LogP contribution in [0.1, 0.15) is 36.2 Å². The van der Waals surface area contributed by atoms with Gasteiger partial charge in [0.25, 0.3) is 5.91 Å². The number of rotatable bonds is 7. The Hall–Kier alpha value is -1.52. The molecule has 0 unspecified atom stereocenters. The minimum absolute atomic E-state index is 0. The Morgan fingerprint density at radius 1 is 1.04 bits per heavy atom. The SMILES string of the molecule is CCNC(=O)c1ccc(CN=C(NCC)NCCC(F)(F)F)cc1.I. The highest BCUT2D eigenvalue weighted by molar-refractivity contribution is 14.0. The molecule has 142 valence electrons. The van der Waals surface area contributed by atoms with Crippen molar-refractivity contribution >= 4 is 35.8 Å². The summed E-state index contributed by atoms with van der Waals surface area (Å²) in [5.74, 6) is 0.184. The van der Waals surface area contributed by atoms with Gasteiger partial charge < -0.3 is 16.0 Å². The maximum Gasteiger partial charge on any atom is 0.390 e. The molecule has 0 radical (unpaired) electrons. The lowest BCUT2D eigenvalue weighted by Gasteiger charge is -2.12. The first-order valence-corrected chi connectivity index (χ1v) is 7.81. The Morgan fingerprint density at radius 3 is 2.16 bits per heavy atom. The van der Waals surface area contributed by atoms with E-state index < -0.39 is 12.6 Å². The van der Waals surface area contributed by atoms with Crippen molar-refractivity contribution in [3.05, 3.63) is 35.4 Å². The summed E-state index contributed by atoms with van der Waals surface area (Å²) in [6.07, 6.45) is -5.11. The van der Waals surface area contributed by atoms with E-state index in [1.807, 2.05) is 13.8 Å². The second kappa shape index (κ2) is 11.9. The van der Waals surface area contributed by atoms with Gasteiger partial charge in [-0.1, -0.05) is 12.1 Å². The fraction of sp³-hybridized carbons (Fsp3) is 0.500. The summed E-state index contributed by atoms with van der Waals surface area (Å²) in [5, 5.41) is 8.25. The van der Waals surface area contributed by atoms with E-state index in [0.717, 1.165) is 5.56 Å². The molecule has 1 aromatic carbocycles. The summed E-state index contributed by atoms with van der Waals surface area (Å²) in [5.41, 5.74) is 1.41. The highest BCUT2D eigenvalue weighted by Crippen LogP contribution is 2.18. The van der Waals surface area contributed by atoms with Crippen LogP contribution in [0.2, 0.25) is 0 Å². The Bertz CT molecular complexity index is 547. The number of hydrogen-bond donors (Lipinski definition) is 3. The Balaban J connectivity index is 0.00000576. The first-order valence-electron chi connectivity index (χ1n) is 7.81. The number of hydrogen-bond acceptors (Lipinski definition) is 2. The lowest BCUT2D eigenvalue weighted by Crippen LogP contribution is -2.38. The topological polar surface area (TPSA) is 65.5 Å². The number of amides is 1. The van der Waals surface area contributed by atoms with E-state index in [0.29, 0.717) is 31.2 Å². The van der Waals surface area contributed by atoms with Gasteiger partial charge in [-0.05, 0) is 31.5 Å². The van der Waals surface area contributed by atoms with Crippen LogP contribution < -0.4 is 16.0 Å². The van der Waals surface area contributed by atoms with Crippen molar-refractivity contribution in [2.24, 2.45) is 4.99 Å². The summed E-state index contributed by atoms with van der Waals surface area (Å²) in [4.78, 5) is 15.9. The molecular weight excluding hydrogens is 448 g/mol. The lowest BCUT2D eigenvalue weighted by molar-refractivity contribution is -0.132. The summed E-state index contributed by atoms with van der Waals surface area (Å²) < 4.78 is 36.5. The van der Waals surface area contributed by atoms with E-state index in [4.69, 9.17) is 0 Å². The van der Waals surface area contributed by atoms with Crippen LogP contribution in [0.3, 0.4) is 0 Å². The molecule has 9 heteroatoms. The standard InChI is InChI=1S/C16H23F3N4O.HI/c1-3-20-14(24)13-7-5-12(6-8-13)11-23-15(21-4-2)22-10-9-16(17,18)19;/h5-8H,3-4,9-11H2,1-2H3,(H,20,24)(H2,21,22,23);1H. The number of aliphatic imine (C=N–C) groups is 1. The molecule has 0 saturated heterocycles. The maximum atomic E-state index is 12.2. The summed E-state index contributed by atoms with van der Waals surface area (Å²) in [7, 11) is 0. The monoisotopic (exact) mass is 472 g/mol. The van der Waals surface area contributed by atoms with Gasteiger partial charge >= 0.3 is 6.18 Å². The number of carbonyl (C=O) groups is 1. The highest BCUT2D eigenvalue weighted by Gasteiger charge is 2.26. The average Bonchev–Trinajstić information content (AvgIpc) is 2.52. The molecule has 1 amide bonds. The van der Waals surface area contributed by atoms with Crippen molar-refractivity contribution in [2.45, 2.75) is 33.0 Å². The summed E-state index contributed by atoms with van der Waals surface area (Å²) in [6, 6.07) is 6.93. The number of nitrogens with one attached hydrogen (secondary N) is 3. The van der Waals surface area contributed by atoms with E-state index in [-0.39, 0.29) is 36.4 Å².